The maximum atomic E-state index is 13.5. The number of rotatable bonds is 9. The van der Waals surface area contributed by atoms with Crippen molar-refractivity contribution in [3.05, 3.63) is 71.3 Å². The van der Waals surface area contributed by atoms with Crippen LogP contribution in [-0.2, 0) is 19.7 Å². The van der Waals surface area contributed by atoms with Crippen LogP contribution in [0.3, 0.4) is 0 Å². The largest absolute Gasteiger partial charge is 0.586 e. The van der Waals surface area contributed by atoms with Crippen molar-refractivity contribution in [3.63, 3.8) is 0 Å². The Balaban J connectivity index is 1.24. The number of ether oxygens (including phenoxy) is 3. The van der Waals surface area contributed by atoms with Crippen molar-refractivity contribution >= 4 is 23.6 Å². The molecule has 5 rings (SSSR count). The number of esters is 1. The molecule has 1 aromatic heterocycles. The number of amides is 2. The molecule has 226 valence electrons. The fraction of sp³-hybridized carbons (Fsp3) is 0.375. The first-order chi connectivity index (χ1) is 20.2. The molecule has 0 saturated heterocycles. The second-order valence-electron chi connectivity index (χ2n) is 11.8. The summed E-state index contributed by atoms with van der Waals surface area (Å²) in [4.78, 5) is 42.7. The van der Waals surface area contributed by atoms with Gasteiger partial charge in [0.25, 0.3) is 5.91 Å². The maximum Gasteiger partial charge on any atom is 0.586 e. The lowest BCUT2D eigenvalue weighted by Gasteiger charge is -2.19. The van der Waals surface area contributed by atoms with Gasteiger partial charge in [0.05, 0.1) is 11.1 Å². The maximum absolute atomic E-state index is 13.5. The summed E-state index contributed by atoms with van der Waals surface area (Å²) in [6, 6.07) is 14.9. The predicted molar refractivity (Wildman–Crippen MR) is 154 cm³/mol. The zero-order valence-electron chi connectivity index (χ0n) is 24.4. The first-order valence-corrected chi connectivity index (χ1v) is 14.0. The van der Waals surface area contributed by atoms with Crippen LogP contribution in [-0.4, -0.2) is 41.2 Å². The van der Waals surface area contributed by atoms with Gasteiger partial charge in [-0.3, -0.25) is 14.4 Å². The minimum absolute atomic E-state index is 0.0773. The average molecular weight is 594 g/mol. The molecule has 1 fully saturated rings. The summed E-state index contributed by atoms with van der Waals surface area (Å²) in [5.41, 5.74) is 1.66. The van der Waals surface area contributed by atoms with Crippen LogP contribution in [0.5, 0.6) is 11.5 Å². The number of benzene rings is 2. The molecule has 2 aromatic carbocycles. The van der Waals surface area contributed by atoms with E-state index in [1.165, 1.54) is 12.1 Å². The van der Waals surface area contributed by atoms with Crippen molar-refractivity contribution in [2.24, 2.45) is 0 Å². The SMILES string of the molecule is Cc1ccc(NC(=O)C2(c3ccc4c(c3)OC(F)(F)O4)CC2)nc1-c1cccc(C(=O)NCCCC(=O)OC(C)(C)C)c1. The summed E-state index contributed by atoms with van der Waals surface area (Å²) in [6.07, 6.45) is -2.00. The van der Waals surface area contributed by atoms with Crippen LogP contribution in [0.15, 0.2) is 54.6 Å². The van der Waals surface area contributed by atoms with E-state index in [9.17, 15) is 23.2 Å². The normalized spacial score (nSPS) is 15.9. The van der Waals surface area contributed by atoms with Gasteiger partial charge in [0, 0.05) is 24.1 Å². The van der Waals surface area contributed by atoms with E-state index in [2.05, 4.69) is 25.1 Å². The van der Waals surface area contributed by atoms with Crippen molar-refractivity contribution in [2.75, 3.05) is 11.9 Å². The molecule has 2 N–H and O–H groups in total. The van der Waals surface area contributed by atoms with Gasteiger partial charge in [-0.15, -0.1) is 8.78 Å². The fourth-order valence-electron chi connectivity index (χ4n) is 4.88. The molecule has 1 saturated carbocycles. The number of alkyl halides is 2. The van der Waals surface area contributed by atoms with Gasteiger partial charge in [-0.2, -0.15) is 0 Å². The molecule has 0 radical (unpaired) electrons. The zero-order valence-corrected chi connectivity index (χ0v) is 24.4. The lowest BCUT2D eigenvalue weighted by molar-refractivity contribution is -0.286. The summed E-state index contributed by atoms with van der Waals surface area (Å²) in [6.45, 7) is 7.60. The van der Waals surface area contributed by atoms with E-state index < -0.39 is 17.3 Å². The molecule has 1 aliphatic heterocycles. The molecule has 0 spiro atoms. The number of pyridine rings is 1. The molecule has 3 aromatic rings. The van der Waals surface area contributed by atoms with E-state index in [1.807, 2.05) is 19.1 Å². The van der Waals surface area contributed by atoms with Crippen LogP contribution in [0, 0.1) is 6.92 Å². The number of hydrogen-bond acceptors (Lipinski definition) is 7. The second-order valence-corrected chi connectivity index (χ2v) is 11.8. The van der Waals surface area contributed by atoms with Crippen molar-refractivity contribution < 1.29 is 37.4 Å². The predicted octanol–water partition coefficient (Wildman–Crippen LogP) is 5.90. The first-order valence-electron chi connectivity index (χ1n) is 14.0. The number of aryl methyl sites for hydroxylation is 1. The number of carbonyl (C=O) groups is 3. The molecule has 2 heterocycles. The van der Waals surface area contributed by atoms with Gasteiger partial charge in [0.15, 0.2) is 11.5 Å². The van der Waals surface area contributed by atoms with E-state index >= 15 is 0 Å². The number of carbonyl (C=O) groups excluding carboxylic acids is 3. The highest BCUT2D eigenvalue weighted by atomic mass is 19.3. The Bertz CT molecular complexity index is 1580. The summed E-state index contributed by atoms with van der Waals surface area (Å²) >= 11 is 0. The van der Waals surface area contributed by atoms with E-state index in [-0.39, 0.29) is 35.7 Å². The first kappa shape index (κ1) is 29.9. The molecule has 9 nitrogen and oxygen atoms in total. The van der Waals surface area contributed by atoms with Gasteiger partial charge in [-0.05, 0) is 88.4 Å². The number of hydrogen-bond donors (Lipinski definition) is 2. The van der Waals surface area contributed by atoms with E-state index in [4.69, 9.17) is 4.74 Å². The van der Waals surface area contributed by atoms with Crippen molar-refractivity contribution in [1.82, 2.24) is 10.3 Å². The summed E-state index contributed by atoms with van der Waals surface area (Å²) in [5, 5.41) is 5.70. The van der Waals surface area contributed by atoms with Crippen LogP contribution in [0.2, 0.25) is 0 Å². The molecule has 0 unspecified atom stereocenters. The average Bonchev–Trinajstić information content (AvgIpc) is 3.68. The summed E-state index contributed by atoms with van der Waals surface area (Å²) in [5.74, 6) is -0.771. The third kappa shape index (κ3) is 6.93. The highest BCUT2D eigenvalue weighted by molar-refractivity contribution is 6.01. The van der Waals surface area contributed by atoms with Gasteiger partial charge in [0.1, 0.15) is 11.4 Å². The molecule has 2 aliphatic rings. The van der Waals surface area contributed by atoms with Gasteiger partial charge in [0.2, 0.25) is 5.91 Å². The topological polar surface area (TPSA) is 116 Å². The Morgan fingerprint density at radius 1 is 1.00 bits per heavy atom. The van der Waals surface area contributed by atoms with Crippen molar-refractivity contribution in [1.29, 1.82) is 0 Å². The van der Waals surface area contributed by atoms with Crippen LogP contribution in [0.4, 0.5) is 14.6 Å². The lowest BCUT2D eigenvalue weighted by atomic mass is 9.94. The Morgan fingerprint density at radius 3 is 2.47 bits per heavy atom. The van der Waals surface area contributed by atoms with E-state index in [0.717, 1.165) is 5.56 Å². The number of halogens is 2. The highest BCUT2D eigenvalue weighted by Gasteiger charge is 2.53. The molecule has 1 aliphatic carbocycles. The number of nitrogens with zero attached hydrogens (tertiary/aromatic N) is 1. The minimum Gasteiger partial charge on any atom is -0.460 e. The zero-order chi connectivity index (χ0) is 31.0. The van der Waals surface area contributed by atoms with E-state index in [0.29, 0.717) is 54.0 Å². The van der Waals surface area contributed by atoms with Crippen LogP contribution in [0.25, 0.3) is 11.3 Å². The van der Waals surface area contributed by atoms with E-state index in [1.54, 1.807) is 51.1 Å². The second kappa shape index (κ2) is 11.3. The lowest BCUT2D eigenvalue weighted by Crippen LogP contribution is -2.28. The monoisotopic (exact) mass is 593 g/mol. The highest BCUT2D eigenvalue weighted by Crippen LogP contribution is 2.52. The smallest absolute Gasteiger partial charge is 0.460 e. The van der Waals surface area contributed by atoms with Crippen LogP contribution in [0.1, 0.15) is 67.9 Å². The quantitative estimate of drug-likeness (QED) is 0.234. The van der Waals surface area contributed by atoms with Gasteiger partial charge in [-0.25, -0.2) is 4.98 Å². The number of aromatic nitrogens is 1. The van der Waals surface area contributed by atoms with Gasteiger partial charge >= 0.3 is 12.3 Å². The van der Waals surface area contributed by atoms with Gasteiger partial charge < -0.3 is 24.8 Å². The molecule has 0 atom stereocenters. The van der Waals surface area contributed by atoms with Crippen molar-refractivity contribution in [3.8, 4) is 22.8 Å². The molecular weight excluding hydrogens is 560 g/mol. The molecule has 2 amide bonds. The third-order valence-electron chi connectivity index (χ3n) is 7.14. The fourth-order valence-corrected chi connectivity index (χ4v) is 4.88. The molecule has 0 bridgehead atoms. The Labute approximate surface area is 247 Å². The number of fused-ring (bicyclic) bond motifs is 1. The summed E-state index contributed by atoms with van der Waals surface area (Å²) in [7, 11) is 0. The Hall–Kier alpha value is -4.54. The summed E-state index contributed by atoms with van der Waals surface area (Å²) < 4.78 is 41.3. The molecular formula is C32H33F2N3O6. The number of anilines is 1. The Kier molecular flexibility index (Phi) is 7.85. The standard InChI is InChI=1S/C32H33F2N3O6/c1-19-10-13-25(37-29(40)31(14-15-31)22-11-12-23-24(18-22)42-32(33,34)41-23)36-27(19)20-7-5-8-21(17-20)28(39)35-16-6-9-26(38)43-30(2,3)4/h5,7-8,10-13,17-18H,6,9,14-16H2,1-4H3,(H,35,39)(H,36,37,40). The minimum atomic E-state index is -3.73. The molecule has 11 heteroatoms. The molecule has 43 heavy (non-hydrogen) atoms. The number of nitrogens with one attached hydrogen (secondary N) is 2. The van der Waals surface area contributed by atoms with Crippen LogP contribution >= 0.6 is 0 Å². The van der Waals surface area contributed by atoms with Crippen LogP contribution < -0.4 is 20.1 Å². The Morgan fingerprint density at radius 2 is 1.74 bits per heavy atom. The third-order valence-corrected chi connectivity index (χ3v) is 7.14. The van der Waals surface area contributed by atoms with Gasteiger partial charge in [-0.1, -0.05) is 24.3 Å². The van der Waals surface area contributed by atoms with Crippen molar-refractivity contribution in [2.45, 2.75) is 70.7 Å².